The summed E-state index contributed by atoms with van der Waals surface area (Å²) in [5.41, 5.74) is 0.459. The van der Waals surface area contributed by atoms with E-state index in [-0.39, 0.29) is 30.2 Å². The molecule has 1 fully saturated rings. The minimum absolute atomic E-state index is 0.0300. The number of rotatable bonds is 3. The second kappa shape index (κ2) is 6.57. The number of nitrogens with one attached hydrogen (secondary N) is 1. The fourth-order valence-corrected chi connectivity index (χ4v) is 2.69. The van der Waals surface area contributed by atoms with Crippen LogP contribution >= 0.6 is 0 Å². The third-order valence-corrected chi connectivity index (χ3v) is 3.82. The van der Waals surface area contributed by atoms with Crippen LogP contribution in [0.4, 0.5) is 0 Å². The predicted octanol–water partition coefficient (Wildman–Crippen LogP) is 2.06. The van der Waals surface area contributed by atoms with Crippen molar-refractivity contribution in [2.45, 2.75) is 38.1 Å². The molecule has 4 nitrogen and oxygen atoms in total. The average Bonchev–Trinajstić information content (AvgIpc) is 2.63. The maximum atomic E-state index is 12.1. The maximum absolute atomic E-state index is 12.1. The number of aliphatic hydroxyl groups is 1. The van der Waals surface area contributed by atoms with Crippen LogP contribution in [0.15, 0.2) is 24.3 Å². The molecule has 0 bridgehead atoms. The first-order valence-corrected chi connectivity index (χ1v) is 6.91. The highest BCUT2D eigenvalue weighted by atomic mass is 16.3. The highest BCUT2D eigenvalue weighted by Crippen LogP contribution is 2.23. The first-order chi connectivity index (χ1) is 9.20. The van der Waals surface area contributed by atoms with Gasteiger partial charge in [0.1, 0.15) is 5.75 Å². The van der Waals surface area contributed by atoms with Crippen LogP contribution in [0, 0.1) is 5.92 Å². The van der Waals surface area contributed by atoms with Crippen LogP contribution < -0.4 is 5.32 Å². The molecule has 1 amide bonds. The summed E-state index contributed by atoms with van der Waals surface area (Å²) in [4.78, 5) is 12.1. The van der Waals surface area contributed by atoms with Crippen molar-refractivity contribution in [3.8, 4) is 5.75 Å². The maximum Gasteiger partial charge on any atom is 0.251 e. The van der Waals surface area contributed by atoms with E-state index in [1.54, 1.807) is 18.2 Å². The Morgan fingerprint density at radius 1 is 1.26 bits per heavy atom. The van der Waals surface area contributed by atoms with Gasteiger partial charge in [-0.25, -0.2) is 0 Å². The largest absolute Gasteiger partial charge is 0.508 e. The van der Waals surface area contributed by atoms with Gasteiger partial charge < -0.3 is 15.5 Å². The topological polar surface area (TPSA) is 69.6 Å². The van der Waals surface area contributed by atoms with Crippen molar-refractivity contribution >= 4 is 5.91 Å². The van der Waals surface area contributed by atoms with Crippen molar-refractivity contribution < 1.29 is 15.0 Å². The van der Waals surface area contributed by atoms with Gasteiger partial charge in [-0.05, 0) is 31.0 Å². The fourth-order valence-electron chi connectivity index (χ4n) is 2.69. The molecule has 0 radical (unpaired) electrons. The van der Waals surface area contributed by atoms with Crippen molar-refractivity contribution in [3.63, 3.8) is 0 Å². The number of hydrogen-bond donors (Lipinski definition) is 3. The molecule has 1 aliphatic carbocycles. The Kier molecular flexibility index (Phi) is 4.80. The summed E-state index contributed by atoms with van der Waals surface area (Å²) in [5, 5.41) is 21.8. The highest BCUT2D eigenvalue weighted by Gasteiger charge is 2.24. The van der Waals surface area contributed by atoms with Gasteiger partial charge in [-0.1, -0.05) is 25.3 Å². The molecule has 1 aliphatic rings. The third-order valence-electron chi connectivity index (χ3n) is 3.82. The Labute approximate surface area is 113 Å². The summed E-state index contributed by atoms with van der Waals surface area (Å²) in [6.07, 6.45) is 5.23. The standard InChI is InChI=1S/C15H21NO3/c17-10-12-5-2-1-3-8-14(12)16-15(19)11-6-4-7-13(18)9-11/h4,6-7,9,12,14,17-18H,1-3,5,8,10H2,(H,16,19). The van der Waals surface area contributed by atoms with E-state index in [0.29, 0.717) is 5.56 Å². The Balaban J connectivity index is 2.04. The van der Waals surface area contributed by atoms with Crippen LogP contribution in [0.2, 0.25) is 0 Å². The Hall–Kier alpha value is -1.55. The van der Waals surface area contributed by atoms with Crippen molar-refractivity contribution in [1.29, 1.82) is 0 Å². The van der Waals surface area contributed by atoms with Crippen LogP contribution in [-0.2, 0) is 0 Å². The van der Waals surface area contributed by atoms with Crippen molar-refractivity contribution in [1.82, 2.24) is 5.32 Å². The molecule has 0 aliphatic heterocycles. The van der Waals surface area contributed by atoms with Gasteiger partial charge in [-0.2, -0.15) is 0 Å². The fraction of sp³-hybridized carbons (Fsp3) is 0.533. The number of phenolic OH excluding ortho intramolecular Hbond substituents is 1. The van der Waals surface area contributed by atoms with Crippen molar-refractivity contribution in [2.75, 3.05) is 6.61 Å². The zero-order valence-electron chi connectivity index (χ0n) is 11.0. The predicted molar refractivity (Wildman–Crippen MR) is 73.0 cm³/mol. The lowest BCUT2D eigenvalue weighted by atomic mass is 9.95. The molecule has 104 valence electrons. The molecule has 4 heteroatoms. The van der Waals surface area contributed by atoms with Gasteiger partial charge in [0.2, 0.25) is 0 Å². The number of carbonyl (C=O) groups is 1. The Morgan fingerprint density at radius 2 is 2.05 bits per heavy atom. The molecular formula is C15H21NO3. The van der Waals surface area contributed by atoms with Gasteiger partial charge in [-0.15, -0.1) is 0 Å². The smallest absolute Gasteiger partial charge is 0.251 e. The van der Waals surface area contributed by atoms with Crippen LogP contribution in [0.1, 0.15) is 42.5 Å². The Bertz CT molecular complexity index is 433. The molecule has 2 atom stereocenters. The lowest BCUT2D eigenvalue weighted by Crippen LogP contribution is -2.41. The van der Waals surface area contributed by atoms with Crippen LogP contribution in [-0.4, -0.2) is 28.8 Å². The molecule has 19 heavy (non-hydrogen) atoms. The number of carbonyl (C=O) groups excluding carboxylic acids is 1. The second-order valence-electron chi connectivity index (χ2n) is 5.21. The van der Waals surface area contributed by atoms with E-state index in [4.69, 9.17) is 0 Å². The molecule has 1 aromatic carbocycles. The number of amides is 1. The number of hydrogen-bond acceptors (Lipinski definition) is 3. The van der Waals surface area contributed by atoms with E-state index in [9.17, 15) is 15.0 Å². The zero-order chi connectivity index (χ0) is 13.7. The van der Waals surface area contributed by atoms with E-state index < -0.39 is 0 Å². The van der Waals surface area contributed by atoms with Gasteiger partial charge in [0.05, 0.1) is 0 Å². The number of phenols is 1. The van der Waals surface area contributed by atoms with E-state index in [1.807, 2.05) is 0 Å². The van der Waals surface area contributed by atoms with E-state index >= 15 is 0 Å². The van der Waals surface area contributed by atoms with E-state index in [0.717, 1.165) is 32.1 Å². The molecule has 2 unspecified atom stereocenters. The third kappa shape index (κ3) is 3.70. The summed E-state index contributed by atoms with van der Waals surface area (Å²) in [6.45, 7) is 0.116. The molecule has 0 spiro atoms. The number of aromatic hydroxyl groups is 1. The lowest BCUT2D eigenvalue weighted by Gasteiger charge is -2.24. The van der Waals surface area contributed by atoms with Crippen LogP contribution in [0.5, 0.6) is 5.75 Å². The zero-order valence-corrected chi connectivity index (χ0v) is 11.0. The molecule has 2 rings (SSSR count). The lowest BCUT2D eigenvalue weighted by molar-refractivity contribution is 0.0899. The number of aliphatic hydroxyl groups excluding tert-OH is 1. The van der Waals surface area contributed by atoms with Gasteiger partial charge in [0.15, 0.2) is 0 Å². The van der Waals surface area contributed by atoms with Crippen LogP contribution in [0.3, 0.4) is 0 Å². The minimum atomic E-state index is -0.179. The van der Waals surface area contributed by atoms with Crippen LogP contribution in [0.25, 0.3) is 0 Å². The summed E-state index contributed by atoms with van der Waals surface area (Å²) in [7, 11) is 0. The summed E-state index contributed by atoms with van der Waals surface area (Å²) in [6, 6.07) is 6.36. The summed E-state index contributed by atoms with van der Waals surface area (Å²) >= 11 is 0. The summed E-state index contributed by atoms with van der Waals surface area (Å²) < 4.78 is 0. The molecule has 1 aromatic rings. The molecule has 0 heterocycles. The first-order valence-electron chi connectivity index (χ1n) is 6.91. The van der Waals surface area contributed by atoms with Gasteiger partial charge in [0.25, 0.3) is 5.91 Å². The molecular weight excluding hydrogens is 242 g/mol. The normalized spacial score (nSPS) is 23.6. The van der Waals surface area contributed by atoms with E-state index in [1.165, 1.54) is 6.07 Å². The average molecular weight is 263 g/mol. The highest BCUT2D eigenvalue weighted by molar-refractivity contribution is 5.94. The monoisotopic (exact) mass is 263 g/mol. The quantitative estimate of drug-likeness (QED) is 0.731. The first kappa shape index (κ1) is 13.9. The molecule has 3 N–H and O–H groups in total. The van der Waals surface area contributed by atoms with Gasteiger partial charge in [0, 0.05) is 24.1 Å². The Morgan fingerprint density at radius 3 is 2.79 bits per heavy atom. The SMILES string of the molecule is O=C(NC1CCCCCC1CO)c1cccc(O)c1. The second-order valence-corrected chi connectivity index (χ2v) is 5.21. The summed E-state index contributed by atoms with van der Waals surface area (Å²) in [5.74, 6) is 0.0530. The minimum Gasteiger partial charge on any atom is -0.508 e. The van der Waals surface area contributed by atoms with Crippen molar-refractivity contribution in [3.05, 3.63) is 29.8 Å². The van der Waals surface area contributed by atoms with Crippen molar-refractivity contribution in [2.24, 2.45) is 5.92 Å². The van der Waals surface area contributed by atoms with Gasteiger partial charge in [-0.3, -0.25) is 4.79 Å². The molecule has 0 aromatic heterocycles. The molecule has 1 saturated carbocycles. The number of benzene rings is 1. The molecule has 0 saturated heterocycles. The van der Waals surface area contributed by atoms with Gasteiger partial charge >= 0.3 is 0 Å². The van der Waals surface area contributed by atoms with E-state index in [2.05, 4.69) is 5.32 Å².